The van der Waals surface area contributed by atoms with Crippen LogP contribution in [0.15, 0.2) is 24.3 Å². The molecule has 0 aliphatic carbocycles. The number of amides is 1. The highest BCUT2D eigenvalue weighted by atomic mass is 16.3. The minimum atomic E-state index is -0.0616. The zero-order valence-electron chi connectivity index (χ0n) is 11.8. The molecule has 0 aliphatic rings. The molecule has 4 nitrogen and oxygen atoms in total. The largest absolute Gasteiger partial charge is 0.396 e. The Labute approximate surface area is 115 Å². The lowest BCUT2D eigenvalue weighted by molar-refractivity contribution is 0.0963. The molecule has 0 heterocycles. The maximum atomic E-state index is 11.4. The van der Waals surface area contributed by atoms with Crippen molar-refractivity contribution in [2.24, 2.45) is 5.92 Å². The second-order valence-corrected chi connectivity index (χ2v) is 4.69. The predicted molar refractivity (Wildman–Crippen MR) is 77.0 cm³/mol. The van der Waals surface area contributed by atoms with Gasteiger partial charge in [-0.1, -0.05) is 25.5 Å². The Kier molecular flexibility index (Phi) is 7.15. The summed E-state index contributed by atoms with van der Waals surface area (Å²) < 4.78 is 0. The van der Waals surface area contributed by atoms with Crippen LogP contribution in [-0.4, -0.2) is 31.2 Å². The third kappa shape index (κ3) is 5.41. The van der Waals surface area contributed by atoms with Crippen molar-refractivity contribution in [1.29, 1.82) is 0 Å². The van der Waals surface area contributed by atoms with Gasteiger partial charge in [0.1, 0.15) is 0 Å². The zero-order valence-corrected chi connectivity index (χ0v) is 11.8. The summed E-state index contributed by atoms with van der Waals surface area (Å²) >= 11 is 0. The zero-order chi connectivity index (χ0) is 14.1. The molecule has 19 heavy (non-hydrogen) atoms. The Morgan fingerprint density at radius 2 is 2.00 bits per heavy atom. The molecule has 1 unspecified atom stereocenters. The molecule has 1 rings (SSSR count). The predicted octanol–water partition coefficient (Wildman–Crippen LogP) is 1.54. The van der Waals surface area contributed by atoms with Crippen LogP contribution in [0, 0.1) is 5.92 Å². The Balaban J connectivity index is 2.39. The molecule has 0 fully saturated rings. The fraction of sp³-hybridized carbons (Fsp3) is 0.533. The van der Waals surface area contributed by atoms with E-state index in [9.17, 15) is 4.79 Å². The van der Waals surface area contributed by atoms with Gasteiger partial charge in [0.05, 0.1) is 0 Å². The Hall–Kier alpha value is -1.39. The van der Waals surface area contributed by atoms with E-state index < -0.39 is 0 Å². The van der Waals surface area contributed by atoms with E-state index in [1.165, 1.54) is 0 Å². The minimum absolute atomic E-state index is 0.0616. The van der Waals surface area contributed by atoms with Crippen molar-refractivity contribution in [3.63, 3.8) is 0 Å². The number of hydrogen-bond acceptors (Lipinski definition) is 3. The van der Waals surface area contributed by atoms with E-state index in [1.807, 2.05) is 24.3 Å². The number of hydrogen-bond donors (Lipinski definition) is 3. The molecule has 0 aromatic heterocycles. The summed E-state index contributed by atoms with van der Waals surface area (Å²) in [7, 11) is 1.63. The first-order valence-corrected chi connectivity index (χ1v) is 6.83. The van der Waals surface area contributed by atoms with Gasteiger partial charge in [0.25, 0.3) is 5.91 Å². The third-order valence-electron chi connectivity index (χ3n) is 3.32. The maximum Gasteiger partial charge on any atom is 0.251 e. The molecule has 0 bridgehead atoms. The Morgan fingerprint density at radius 1 is 1.32 bits per heavy atom. The van der Waals surface area contributed by atoms with Crippen molar-refractivity contribution >= 4 is 5.91 Å². The van der Waals surface area contributed by atoms with Gasteiger partial charge in [0.15, 0.2) is 0 Å². The van der Waals surface area contributed by atoms with Crippen LogP contribution in [0.3, 0.4) is 0 Å². The average Bonchev–Trinajstić information content (AvgIpc) is 2.46. The van der Waals surface area contributed by atoms with Crippen molar-refractivity contribution in [1.82, 2.24) is 10.6 Å². The van der Waals surface area contributed by atoms with Gasteiger partial charge in [0.2, 0.25) is 0 Å². The fourth-order valence-corrected chi connectivity index (χ4v) is 1.97. The van der Waals surface area contributed by atoms with Crippen molar-refractivity contribution in [2.45, 2.75) is 26.3 Å². The van der Waals surface area contributed by atoms with Crippen molar-refractivity contribution in [3.05, 3.63) is 35.4 Å². The molecule has 0 saturated heterocycles. The minimum Gasteiger partial charge on any atom is -0.396 e. The van der Waals surface area contributed by atoms with Gasteiger partial charge in [-0.2, -0.15) is 0 Å². The van der Waals surface area contributed by atoms with Gasteiger partial charge in [-0.05, 0) is 36.6 Å². The summed E-state index contributed by atoms with van der Waals surface area (Å²) in [4.78, 5) is 11.4. The normalized spacial score (nSPS) is 12.2. The van der Waals surface area contributed by atoms with E-state index in [0.717, 1.165) is 31.5 Å². The number of carbonyl (C=O) groups excluding carboxylic acids is 1. The standard InChI is InChI=1S/C15H24N2O2/c1-3-12(8-9-18)10-17-11-13-4-6-14(7-5-13)15(19)16-2/h4-7,12,17-18H,3,8-11H2,1-2H3,(H,16,19). The van der Waals surface area contributed by atoms with Crippen LogP contribution in [0.2, 0.25) is 0 Å². The second-order valence-electron chi connectivity index (χ2n) is 4.69. The lowest BCUT2D eigenvalue weighted by atomic mass is 10.0. The molecule has 1 atom stereocenters. The first-order valence-electron chi connectivity index (χ1n) is 6.83. The highest BCUT2D eigenvalue weighted by Gasteiger charge is 2.05. The monoisotopic (exact) mass is 264 g/mol. The van der Waals surface area contributed by atoms with Gasteiger partial charge in [-0.25, -0.2) is 0 Å². The molecule has 106 valence electrons. The van der Waals surface area contributed by atoms with Crippen LogP contribution in [0.25, 0.3) is 0 Å². The van der Waals surface area contributed by atoms with E-state index in [2.05, 4.69) is 17.6 Å². The number of carbonyl (C=O) groups is 1. The van der Waals surface area contributed by atoms with Crippen LogP contribution in [0.4, 0.5) is 0 Å². The molecule has 0 spiro atoms. The highest BCUT2D eigenvalue weighted by Crippen LogP contribution is 2.07. The lowest BCUT2D eigenvalue weighted by Gasteiger charge is -2.14. The summed E-state index contributed by atoms with van der Waals surface area (Å²) in [6.07, 6.45) is 1.92. The number of nitrogens with one attached hydrogen (secondary N) is 2. The molecular formula is C15H24N2O2. The number of benzene rings is 1. The van der Waals surface area contributed by atoms with Gasteiger partial charge >= 0.3 is 0 Å². The van der Waals surface area contributed by atoms with Crippen LogP contribution >= 0.6 is 0 Å². The fourth-order valence-electron chi connectivity index (χ4n) is 1.97. The third-order valence-corrected chi connectivity index (χ3v) is 3.32. The van der Waals surface area contributed by atoms with E-state index in [1.54, 1.807) is 7.05 Å². The van der Waals surface area contributed by atoms with E-state index in [-0.39, 0.29) is 12.5 Å². The summed E-state index contributed by atoms with van der Waals surface area (Å²) in [6, 6.07) is 7.59. The summed E-state index contributed by atoms with van der Waals surface area (Å²) in [5.41, 5.74) is 1.84. The number of rotatable bonds is 8. The van der Waals surface area contributed by atoms with Gasteiger partial charge in [-0.15, -0.1) is 0 Å². The summed E-state index contributed by atoms with van der Waals surface area (Å²) in [5.74, 6) is 0.462. The van der Waals surface area contributed by atoms with Gasteiger partial charge < -0.3 is 15.7 Å². The van der Waals surface area contributed by atoms with Crippen molar-refractivity contribution in [2.75, 3.05) is 20.2 Å². The molecule has 4 heteroatoms. The van der Waals surface area contributed by atoms with Crippen LogP contribution in [0.5, 0.6) is 0 Å². The smallest absolute Gasteiger partial charge is 0.251 e. The SMILES string of the molecule is CCC(CCO)CNCc1ccc(C(=O)NC)cc1. The molecule has 3 N–H and O–H groups in total. The van der Waals surface area contributed by atoms with Gasteiger partial charge in [-0.3, -0.25) is 4.79 Å². The van der Waals surface area contributed by atoms with E-state index >= 15 is 0 Å². The molecule has 0 saturated carbocycles. The maximum absolute atomic E-state index is 11.4. The van der Waals surface area contributed by atoms with Crippen LogP contribution < -0.4 is 10.6 Å². The molecule has 1 aromatic carbocycles. The van der Waals surface area contributed by atoms with Gasteiger partial charge in [0, 0.05) is 25.8 Å². The van der Waals surface area contributed by atoms with Crippen LogP contribution in [0.1, 0.15) is 35.7 Å². The van der Waals surface area contributed by atoms with Crippen molar-refractivity contribution < 1.29 is 9.90 Å². The highest BCUT2D eigenvalue weighted by molar-refractivity contribution is 5.93. The Morgan fingerprint density at radius 3 is 2.53 bits per heavy atom. The van der Waals surface area contributed by atoms with E-state index in [0.29, 0.717) is 11.5 Å². The molecule has 1 amide bonds. The number of aliphatic hydroxyl groups excluding tert-OH is 1. The molecular weight excluding hydrogens is 240 g/mol. The van der Waals surface area contributed by atoms with Crippen LogP contribution in [-0.2, 0) is 6.54 Å². The summed E-state index contributed by atoms with van der Waals surface area (Å²) in [6.45, 7) is 4.09. The van der Waals surface area contributed by atoms with E-state index in [4.69, 9.17) is 5.11 Å². The Bertz CT molecular complexity index is 376. The average molecular weight is 264 g/mol. The first-order chi connectivity index (χ1) is 9.21. The number of aliphatic hydroxyl groups is 1. The lowest BCUT2D eigenvalue weighted by Crippen LogP contribution is -2.23. The molecule has 0 radical (unpaired) electrons. The van der Waals surface area contributed by atoms with Crippen molar-refractivity contribution in [3.8, 4) is 0 Å². The molecule has 0 aliphatic heterocycles. The molecule has 1 aromatic rings. The topological polar surface area (TPSA) is 61.4 Å². The first kappa shape index (κ1) is 15.7. The summed E-state index contributed by atoms with van der Waals surface area (Å²) in [5, 5.41) is 14.9. The quantitative estimate of drug-likeness (QED) is 0.667. The second kappa shape index (κ2) is 8.67.